The number of nitrogens with zero attached hydrogens (tertiary/aromatic N) is 1. The highest BCUT2D eigenvalue weighted by Gasteiger charge is 2.28. The van der Waals surface area contributed by atoms with E-state index in [0.717, 1.165) is 16.7 Å². The number of carbonyl (C=O) groups is 1. The van der Waals surface area contributed by atoms with E-state index in [0.29, 0.717) is 12.1 Å². The van der Waals surface area contributed by atoms with E-state index in [1.54, 1.807) is 36.4 Å². The molecule has 0 spiro atoms. The van der Waals surface area contributed by atoms with Crippen molar-refractivity contribution in [3.8, 4) is 0 Å². The summed E-state index contributed by atoms with van der Waals surface area (Å²) in [6.45, 7) is 5.49. The normalized spacial score (nSPS) is 12.2. The Kier molecular flexibility index (Phi) is 7.13. The van der Waals surface area contributed by atoms with Gasteiger partial charge in [-0.15, -0.1) is 0 Å². The van der Waals surface area contributed by atoms with Crippen molar-refractivity contribution in [1.82, 2.24) is 5.32 Å². The largest absolute Gasteiger partial charge is 0.348 e. The molecule has 3 aromatic rings. The smallest absolute Gasteiger partial charge is 0.264 e. The summed E-state index contributed by atoms with van der Waals surface area (Å²) in [5, 5.41) is 2.99. The first kappa shape index (κ1) is 22.6. The molecule has 0 aromatic heterocycles. The summed E-state index contributed by atoms with van der Waals surface area (Å²) in [6.07, 6.45) is 0.699. The topological polar surface area (TPSA) is 66.5 Å². The van der Waals surface area contributed by atoms with Crippen LogP contribution >= 0.6 is 0 Å². The summed E-state index contributed by atoms with van der Waals surface area (Å²) in [7, 11) is -3.92. The Labute approximate surface area is 184 Å². The van der Waals surface area contributed by atoms with E-state index in [4.69, 9.17) is 0 Å². The van der Waals surface area contributed by atoms with Gasteiger partial charge < -0.3 is 5.32 Å². The molecule has 3 aromatic carbocycles. The molecule has 1 N–H and O–H groups in total. The predicted octanol–water partition coefficient (Wildman–Crippen LogP) is 4.77. The number of hydrogen-bond donors (Lipinski definition) is 1. The molecule has 3 rings (SSSR count). The molecule has 0 unspecified atom stereocenters. The Morgan fingerprint density at radius 2 is 1.55 bits per heavy atom. The first-order valence-corrected chi connectivity index (χ1v) is 11.8. The zero-order valence-electron chi connectivity index (χ0n) is 18.1. The van der Waals surface area contributed by atoms with Gasteiger partial charge in [-0.25, -0.2) is 8.42 Å². The fourth-order valence-electron chi connectivity index (χ4n) is 3.58. The molecule has 0 radical (unpaired) electrons. The molecule has 0 saturated heterocycles. The molecule has 31 heavy (non-hydrogen) atoms. The van der Waals surface area contributed by atoms with E-state index >= 15 is 0 Å². The van der Waals surface area contributed by atoms with Gasteiger partial charge in [-0.3, -0.25) is 9.10 Å². The summed E-state index contributed by atoms with van der Waals surface area (Å²) < 4.78 is 28.2. The first-order chi connectivity index (χ1) is 14.8. The quantitative estimate of drug-likeness (QED) is 0.553. The minimum absolute atomic E-state index is 0.151. The molecule has 0 saturated carbocycles. The van der Waals surface area contributed by atoms with Crippen molar-refractivity contribution in [3.05, 3.63) is 95.6 Å². The van der Waals surface area contributed by atoms with Gasteiger partial charge in [0.05, 0.1) is 16.6 Å². The maximum atomic E-state index is 13.5. The lowest BCUT2D eigenvalue weighted by Gasteiger charge is -2.27. The van der Waals surface area contributed by atoms with Crippen LogP contribution in [0.15, 0.2) is 83.8 Å². The summed E-state index contributed by atoms with van der Waals surface area (Å²) in [5.74, 6) is -0.352. The average Bonchev–Trinajstić information content (AvgIpc) is 2.77. The third-order valence-corrected chi connectivity index (χ3v) is 6.96. The highest BCUT2D eigenvalue weighted by atomic mass is 32.2. The fourth-order valence-corrected chi connectivity index (χ4v) is 5.09. The van der Waals surface area contributed by atoms with Crippen LogP contribution in [-0.4, -0.2) is 20.9 Å². The second kappa shape index (κ2) is 9.79. The van der Waals surface area contributed by atoms with E-state index in [1.807, 2.05) is 63.2 Å². The van der Waals surface area contributed by atoms with Crippen molar-refractivity contribution in [2.24, 2.45) is 0 Å². The van der Waals surface area contributed by atoms with Crippen LogP contribution in [0.5, 0.6) is 0 Å². The number of benzene rings is 3. The minimum Gasteiger partial charge on any atom is -0.348 e. The Hall–Kier alpha value is -3.12. The monoisotopic (exact) mass is 436 g/mol. The van der Waals surface area contributed by atoms with Gasteiger partial charge in [0.1, 0.15) is 6.54 Å². The van der Waals surface area contributed by atoms with Gasteiger partial charge in [0.15, 0.2) is 0 Å². The van der Waals surface area contributed by atoms with Gasteiger partial charge in [-0.05, 0) is 49.6 Å². The molecule has 0 bridgehead atoms. The van der Waals surface area contributed by atoms with E-state index in [1.165, 1.54) is 4.31 Å². The number of amides is 1. The molecule has 0 aliphatic rings. The Bertz CT molecular complexity index is 1130. The van der Waals surface area contributed by atoms with E-state index in [9.17, 15) is 13.2 Å². The second-order valence-electron chi connectivity index (χ2n) is 7.55. The van der Waals surface area contributed by atoms with Crippen LogP contribution in [0.25, 0.3) is 0 Å². The molecule has 162 valence electrons. The van der Waals surface area contributed by atoms with E-state index < -0.39 is 10.0 Å². The van der Waals surface area contributed by atoms with Crippen LogP contribution in [0, 0.1) is 13.8 Å². The van der Waals surface area contributed by atoms with Crippen molar-refractivity contribution in [2.75, 3.05) is 10.8 Å². The maximum absolute atomic E-state index is 13.5. The fraction of sp³-hybridized carbons (Fsp3) is 0.240. The SMILES string of the molecule is CC[C@H](NC(=O)CN(c1ccc(C)cc1C)S(=O)(=O)c1ccccc1)c1ccccc1. The number of nitrogens with one attached hydrogen (secondary N) is 1. The summed E-state index contributed by atoms with van der Waals surface area (Å²) in [4.78, 5) is 13.2. The molecule has 1 amide bonds. The standard InChI is InChI=1S/C25H28N2O3S/c1-4-23(21-11-7-5-8-12-21)26-25(28)18-27(24-16-15-19(2)17-20(24)3)31(29,30)22-13-9-6-10-14-22/h5-17,23H,4,18H2,1-3H3,(H,26,28)/t23-/m0/s1. The molecule has 6 heteroatoms. The van der Waals surface area contributed by atoms with Crippen molar-refractivity contribution in [2.45, 2.75) is 38.1 Å². The van der Waals surface area contributed by atoms with Gasteiger partial charge in [0.25, 0.3) is 10.0 Å². The van der Waals surface area contributed by atoms with Gasteiger partial charge >= 0.3 is 0 Å². The minimum atomic E-state index is -3.92. The van der Waals surface area contributed by atoms with Crippen LogP contribution in [0.2, 0.25) is 0 Å². The van der Waals surface area contributed by atoms with Gasteiger partial charge in [-0.1, -0.05) is 73.2 Å². The summed E-state index contributed by atoms with van der Waals surface area (Å²) in [5.41, 5.74) is 3.31. The third-order valence-electron chi connectivity index (χ3n) is 5.18. The van der Waals surface area contributed by atoms with E-state index in [2.05, 4.69) is 5.32 Å². The van der Waals surface area contributed by atoms with Gasteiger partial charge in [0, 0.05) is 0 Å². The predicted molar refractivity (Wildman–Crippen MR) is 125 cm³/mol. The third kappa shape index (κ3) is 5.33. The van der Waals surface area contributed by atoms with Crippen LogP contribution in [0.1, 0.15) is 36.1 Å². The number of carbonyl (C=O) groups excluding carboxylic acids is 1. The second-order valence-corrected chi connectivity index (χ2v) is 9.42. The van der Waals surface area contributed by atoms with Crippen LogP contribution in [-0.2, 0) is 14.8 Å². The number of hydrogen-bond acceptors (Lipinski definition) is 3. The van der Waals surface area contributed by atoms with Crippen molar-refractivity contribution in [3.63, 3.8) is 0 Å². The molecule has 0 fully saturated rings. The van der Waals surface area contributed by atoms with Crippen molar-refractivity contribution >= 4 is 21.6 Å². The van der Waals surface area contributed by atoms with Crippen LogP contribution in [0.4, 0.5) is 5.69 Å². The van der Waals surface area contributed by atoms with Crippen LogP contribution < -0.4 is 9.62 Å². The number of anilines is 1. The lowest BCUT2D eigenvalue weighted by Crippen LogP contribution is -2.42. The molecule has 0 aliphatic carbocycles. The molecular formula is C25H28N2O3S. The molecule has 1 atom stereocenters. The molecule has 5 nitrogen and oxygen atoms in total. The zero-order chi connectivity index (χ0) is 22.4. The molecule has 0 heterocycles. The average molecular weight is 437 g/mol. The summed E-state index contributed by atoms with van der Waals surface area (Å²) in [6, 6.07) is 23.2. The highest BCUT2D eigenvalue weighted by molar-refractivity contribution is 7.92. The highest BCUT2D eigenvalue weighted by Crippen LogP contribution is 2.27. The zero-order valence-corrected chi connectivity index (χ0v) is 18.9. The number of rotatable bonds is 8. The Morgan fingerprint density at radius 3 is 2.13 bits per heavy atom. The van der Waals surface area contributed by atoms with Gasteiger partial charge in [0.2, 0.25) is 5.91 Å². The number of aryl methyl sites for hydroxylation is 2. The van der Waals surface area contributed by atoms with Crippen molar-refractivity contribution < 1.29 is 13.2 Å². The Balaban J connectivity index is 1.94. The van der Waals surface area contributed by atoms with Crippen molar-refractivity contribution in [1.29, 1.82) is 0 Å². The summed E-state index contributed by atoms with van der Waals surface area (Å²) >= 11 is 0. The Morgan fingerprint density at radius 1 is 0.935 bits per heavy atom. The van der Waals surface area contributed by atoms with Crippen LogP contribution in [0.3, 0.4) is 0 Å². The molecule has 0 aliphatic heterocycles. The van der Waals surface area contributed by atoms with E-state index in [-0.39, 0.29) is 23.4 Å². The lowest BCUT2D eigenvalue weighted by molar-refractivity contribution is -0.120. The molecular weight excluding hydrogens is 408 g/mol. The number of sulfonamides is 1. The first-order valence-electron chi connectivity index (χ1n) is 10.3. The van der Waals surface area contributed by atoms with Gasteiger partial charge in [-0.2, -0.15) is 0 Å². The maximum Gasteiger partial charge on any atom is 0.264 e. The lowest BCUT2D eigenvalue weighted by atomic mass is 10.0.